The van der Waals surface area contributed by atoms with Crippen LogP contribution < -0.4 is 18.9 Å². The van der Waals surface area contributed by atoms with E-state index in [2.05, 4.69) is 39.2 Å². The van der Waals surface area contributed by atoms with Crippen molar-refractivity contribution in [2.24, 2.45) is 0 Å². The van der Waals surface area contributed by atoms with Crippen LogP contribution in [0.3, 0.4) is 0 Å². The normalized spacial score (nSPS) is 10.4. The third-order valence-electron chi connectivity index (χ3n) is 7.98. The van der Waals surface area contributed by atoms with Crippen LogP contribution in [0.4, 0.5) is 0 Å². The Morgan fingerprint density at radius 3 is 1.43 bits per heavy atom. The van der Waals surface area contributed by atoms with Gasteiger partial charge >= 0.3 is 11.9 Å². The number of nitrogens with zero attached hydrogens (tertiary/aromatic N) is 5. The molecule has 286 valence electrons. The summed E-state index contributed by atoms with van der Waals surface area (Å²) in [6, 6.07) is 22.6. The van der Waals surface area contributed by atoms with Crippen molar-refractivity contribution in [2.75, 3.05) is 26.4 Å². The number of esters is 2. The number of hydrogen-bond acceptors (Lipinski definition) is 13. The lowest BCUT2D eigenvalue weighted by molar-refractivity contribution is -0.138. The Labute approximate surface area is 325 Å². The molecule has 0 saturated heterocycles. The predicted molar refractivity (Wildman–Crippen MR) is 207 cm³/mol. The van der Waals surface area contributed by atoms with Gasteiger partial charge in [-0.1, -0.05) is 61.7 Å². The fraction of sp³-hybridized carbons (Fsp3) is 0.233. The van der Waals surface area contributed by atoms with Gasteiger partial charge in [-0.25, -0.2) is 29.5 Å². The van der Waals surface area contributed by atoms with E-state index in [1.807, 2.05) is 48.5 Å². The van der Waals surface area contributed by atoms with Gasteiger partial charge in [0.1, 0.15) is 13.2 Å². The molecule has 0 atom stereocenters. The molecule has 0 aliphatic heterocycles. The molecule has 56 heavy (non-hydrogen) atoms. The first-order chi connectivity index (χ1) is 27.4. The average molecular weight is 756 g/mol. The van der Waals surface area contributed by atoms with Crippen LogP contribution in [0, 0.1) is 11.3 Å². The molecule has 2 aromatic heterocycles. The quantitative estimate of drug-likeness (QED) is 0.0390. The van der Waals surface area contributed by atoms with E-state index in [-0.39, 0.29) is 13.2 Å². The topological polar surface area (TPSA) is 165 Å². The Kier molecular flexibility index (Phi) is 15.5. The van der Waals surface area contributed by atoms with Crippen LogP contribution in [0.15, 0.2) is 117 Å². The van der Waals surface area contributed by atoms with E-state index in [4.69, 9.17) is 28.4 Å². The second kappa shape index (κ2) is 21.6. The molecule has 13 heteroatoms. The number of hydrogen-bond donors (Lipinski definition) is 0. The SMILES string of the molecule is C=CC(=O)OCCCCOc1cnc(-c2ccc(COc3ccc(C#N)cc3OCc3ccc(-c4ncc(OCCCCOC(=O)C=C)cn4)cc3)cc2)nc1. The van der Waals surface area contributed by atoms with Crippen molar-refractivity contribution >= 4 is 11.9 Å². The average Bonchev–Trinajstić information content (AvgIpc) is 3.25. The number of rotatable bonds is 22. The van der Waals surface area contributed by atoms with Gasteiger partial charge in [0, 0.05) is 29.3 Å². The number of aromatic nitrogens is 4. The minimum atomic E-state index is -0.434. The Bertz CT molecular complexity index is 2080. The van der Waals surface area contributed by atoms with Crippen LogP contribution in [0.5, 0.6) is 23.0 Å². The van der Waals surface area contributed by atoms with Gasteiger partial charge in [0.15, 0.2) is 34.6 Å². The molecule has 0 N–H and O–H groups in total. The molecule has 5 rings (SSSR count). The molecule has 0 amide bonds. The summed E-state index contributed by atoms with van der Waals surface area (Å²) in [6.07, 6.45) is 11.6. The molecule has 0 fully saturated rings. The van der Waals surface area contributed by atoms with Gasteiger partial charge in [-0.05, 0) is 48.9 Å². The Morgan fingerprint density at radius 2 is 1.00 bits per heavy atom. The van der Waals surface area contributed by atoms with Crippen molar-refractivity contribution in [3.8, 4) is 51.8 Å². The number of unbranched alkanes of at least 4 members (excludes halogenated alkanes) is 2. The number of carbonyl (C=O) groups is 2. The summed E-state index contributed by atoms with van der Waals surface area (Å²) in [5.41, 5.74) is 3.95. The lowest BCUT2D eigenvalue weighted by Crippen LogP contribution is -2.04. The highest BCUT2D eigenvalue weighted by Crippen LogP contribution is 2.30. The predicted octanol–water partition coefficient (Wildman–Crippen LogP) is 7.41. The van der Waals surface area contributed by atoms with Crippen molar-refractivity contribution in [3.05, 3.63) is 134 Å². The van der Waals surface area contributed by atoms with Gasteiger partial charge in [0.25, 0.3) is 0 Å². The number of carbonyl (C=O) groups excluding carboxylic acids is 2. The van der Waals surface area contributed by atoms with E-state index < -0.39 is 11.9 Å². The number of nitriles is 1. The lowest BCUT2D eigenvalue weighted by atomic mass is 10.1. The maximum absolute atomic E-state index is 11.1. The summed E-state index contributed by atoms with van der Waals surface area (Å²) in [4.78, 5) is 39.9. The fourth-order valence-corrected chi connectivity index (χ4v) is 4.96. The molecule has 2 heterocycles. The highest BCUT2D eigenvalue weighted by atomic mass is 16.5. The Balaban J connectivity index is 1.08. The van der Waals surface area contributed by atoms with E-state index in [0.29, 0.717) is 92.3 Å². The maximum atomic E-state index is 11.1. The zero-order valence-corrected chi connectivity index (χ0v) is 30.8. The van der Waals surface area contributed by atoms with Crippen LogP contribution >= 0.6 is 0 Å². The largest absolute Gasteiger partial charge is 0.490 e. The first-order valence-electron chi connectivity index (χ1n) is 17.9. The monoisotopic (exact) mass is 755 g/mol. The molecule has 0 saturated carbocycles. The van der Waals surface area contributed by atoms with Gasteiger partial charge in [-0.3, -0.25) is 0 Å². The Hall–Kier alpha value is -7.07. The van der Waals surface area contributed by atoms with Gasteiger partial charge in [-0.15, -0.1) is 0 Å². The van der Waals surface area contributed by atoms with Crippen LogP contribution in [-0.4, -0.2) is 58.3 Å². The van der Waals surface area contributed by atoms with E-state index in [1.54, 1.807) is 43.0 Å². The molecule has 13 nitrogen and oxygen atoms in total. The third kappa shape index (κ3) is 12.8. The fourth-order valence-electron chi connectivity index (χ4n) is 4.96. The summed E-state index contributed by atoms with van der Waals surface area (Å²) in [5, 5.41) is 9.51. The van der Waals surface area contributed by atoms with Crippen molar-refractivity contribution in [1.29, 1.82) is 5.26 Å². The molecular weight excluding hydrogens is 714 g/mol. The summed E-state index contributed by atoms with van der Waals surface area (Å²) in [6.45, 7) is 8.79. The summed E-state index contributed by atoms with van der Waals surface area (Å²) < 4.78 is 33.6. The van der Waals surface area contributed by atoms with Gasteiger partial charge < -0.3 is 28.4 Å². The highest BCUT2D eigenvalue weighted by molar-refractivity contribution is 5.81. The zero-order valence-electron chi connectivity index (χ0n) is 30.8. The minimum absolute atomic E-state index is 0.248. The summed E-state index contributed by atoms with van der Waals surface area (Å²) in [7, 11) is 0. The molecule has 3 aromatic carbocycles. The highest BCUT2D eigenvalue weighted by Gasteiger charge is 2.10. The van der Waals surface area contributed by atoms with Crippen molar-refractivity contribution < 1.29 is 38.0 Å². The van der Waals surface area contributed by atoms with Crippen molar-refractivity contribution in [3.63, 3.8) is 0 Å². The van der Waals surface area contributed by atoms with E-state index in [0.717, 1.165) is 34.4 Å². The van der Waals surface area contributed by atoms with Crippen LogP contribution in [0.1, 0.15) is 42.4 Å². The standard InChI is InChI=1S/C43H41N5O8/c1-3-40(49)53-21-7-5-19-51-36-25-45-42(46-26-36)34-14-9-31(10-15-34)29-55-38-18-13-33(24-44)23-39(38)56-30-32-11-16-35(17-12-32)43-47-27-37(28-48-43)52-20-6-8-22-54-41(50)4-2/h3-4,9-18,23,25-28H,1-2,5-8,19-22,29-30H2. The van der Waals surface area contributed by atoms with Crippen LogP contribution in [-0.2, 0) is 32.3 Å². The summed E-state index contributed by atoms with van der Waals surface area (Å²) >= 11 is 0. The molecule has 0 aliphatic rings. The van der Waals surface area contributed by atoms with Crippen LogP contribution in [0.2, 0.25) is 0 Å². The smallest absolute Gasteiger partial charge is 0.330 e. The summed E-state index contributed by atoms with van der Waals surface area (Å²) in [5.74, 6) is 2.31. The van der Waals surface area contributed by atoms with E-state index >= 15 is 0 Å². The molecular formula is C43H41N5O8. The Morgan fingerprint density at radius 1 is 0.571 bits per heavy atom. The van der Waals surface area contributed by atoms with Crippen molar-refractivity contribution in [2.45, 2.75) is 38.9 Å². The third-order valence-corrected chi connectivity index (χ3v) is 7.98. The van der Waals surface area contributed by atoms with Crippen molar-refractivity contribution in [1.82, 2.24) is 19.9 Å². The maximum Gasteiger partial charge on any atom is 0.330 e. The second-order valence-corrected chi connectivity index (χ2v) is 12.1. The lowest BCUT2D eigenvalue weighted by Gasteiger charge is -2.14. The molecule has 0 bridgehead atoms. The first-order valence-corrected chi connectivity index (χ1v) is 17.9. The van der Waals surface area contributed by atoms with E-state index in [9.17, 15) is 14.9 Å². The first kappa shape index (κ1) is 40.1. The molecule has 5 aromatic rings. The van der Waals surface area contributed by atoms with Gasteiger partial charge in [-0.2, -0.15) is 5.26 Å². The minimum Gasteiger partial charge on any atom is -0.490 e. The van der Waals surface area contributed by atoms with Gasteiger partial charge in [0.2, 0.25) is 0 Å². The molecule has 0 unspecified atom stereocenters. The second-order valence-electron chi connectivity index (χ2n) is 12.1. The molecule has 0 aliphatic carbocycles. The van der Waals surface area contributed by atoms with Gasteiger partial charge in [0.05, 0.1) is 62.8 Å². The zero-order chi connectivity index (χ0) is 39.4. The molecule has 0 spiro atoms. The number of benzene rings is 3. The number of ether oxygens (including phenoxy) is 6. The van der Waals surface area contributed by atoms with E-state index in [1.165, 1.54) is 0 Å². The van der Waals surface area contributed by atoms with Crippen LogP contribution in [0.25, 0.3) is 22.8 Å². The molecule has 0 radical (unpaired) electrons.